The molecule has 0 atom stereocenters. The molecule has 0 fully saturated rings. The minimum atomic E-state index is -0.832. The summed E-state index contributed by atoms with van der Waals surface area (Å²) in [6.07, 6.45) is 1.75. The first-order chi connectivity index (χ1) is 7.07. The van der Waals surface area contributed by atoms with Gasteiger partial charge in [0.15, 0.2) is 11.4 Å². The van der Waals surface area contributed by atoms with Crippen molar-refractivity contribution in [1.82, 2.24) is 15.0 Å². The lowest BCUT2D eigenvalue weighted by atomic mass is 10.3. The van der Waals surface area contributed by atoms with Gasteiger partial charge in [-0.25, -0.2) is 4.68 Å². The zero-order valence-electron chi connectivity index (χ0n) is 8.04. The third-order valence-electron chi connectivity index (χ3n) is 1.83. The molecule has 0 aromatic carbocycles. The van der Waals surface area contributed by atoms with E-state index >= 15 is 0 Å². The molecular formula is C8H9Cl2N3O2. The Labute approximate surface area is 96.3 Å². The molecule has 0 aliphatic carbocycles. The Morgan fingerprint density at radius 1 is 1.33 bits per heavy atom. The van der Waals surface area contributed by atoms with Crippen molar-refractivity contribution in [2.75, 3.05) is 0 Å². The molecule has 1 rings (SSSR count). The summed E-state index contributed by atoms with van der Waals surface area (Å²) in [6, 6.07) is 0. The zero-order chi connectivity index (χ0) is 11.4. The summed E-state index contributed by atoms with van der Waals surface area (Å²) in [5.74, 6) is 0. The van der Waals surface area contributed by atoms with E-state index in [1.54, 1.807) is 0 Å². The number of carbonyl (C=O) groups is 2. The first kappa shape index (κ1) is 12.1. The average molecular weight is 250 g/mol. The Hall–Kier alpha value is -0.940. The molecule has 1 heterocycles. The Balaban J connectivity index is 3.06. The fraction of sp³-hybridized carbons (Fsp3) is 0.500. The van der Waals surface area contributed by atoms with Gasteiger partial charge in [-0.05, 0) is 29.6 Å². The van der Waals surface area contributed by atoms with E-state index in [0.29, 0.717) is 6.54 Å². The van der Waals surface area contributed by atoms with Crippen molar-refractivity contribution in [2.24, 2.45) is 0 Å². The van der Waals surface area contributed by atoms with Gasteiger partial charge >= 0.3 is 0 Å². The largest absolute Gasteiger partial charge is 0.275 e. The van der Waals surface area contributed by atoms with Crippen molar-refractivity contribution in [3.8, 4) is 0 Å². The molecule has 0 saturated carbocycles. The highest BCUT2D eigenvalue weighted by Gasteiger charge is 2.22. The Bertz CT molecular complexity index is 389. The van der Waals surface area contributed by atoms with E-state index in [0.717, 1.165) is 12.8 Å². The molecule has 7 heteroatoms. The molecule has 0 N–H and O–H groups in total. The molecule has 1 aromatic rings. The van der Waals surface area contributed by atoms with Crippen LogP contribution in [0.4, 0.5) is 0 Å². The number of hydrogen-bond donors (Lipinski definition) is 0. The topological polar surface area (TPSA) is 64.8 Å². The van der Waals surface area contributed by atoms with E-state index in [2.05, 4.69) is 10.3 Å². The molecule has 0 saturated heterocycles. The van der Waals surface area contributed by atoms with Gasteiger partial charge in [-0.1, -0.05) is 18.6 Å². The number of hydrogen-bond acceptors (Lipinski definition) is 4. The molecule has 0 spiro atoms. The SMILES string of the molecule is CCCCn1nnc(C(=O)Cl)c1C(=O)Cl. The third-order valence-corrected chi connectivity index (χ3v) is 2.19. The Morgan fingerprint density at radius 2 is 2.00 bits per heavy atom. The van der Waals surface area contributed by atoms with Gasteiger partial charge in [0.25, 0.3) is 10.5 Å². The standard InChI is InChI=1S/C8H9Cl2N3O2/c1-2-3-4-13-6(8(10)15)5(7(9)14)11-12-13/h2-4H2,1H3. The first-order valence-electron chi connectivity index (χ1n) is 4.41. The normalized spacial score (nSPS) is 10.3. The van der Waals surface area contributed by atoms with Crippen molar-refractivity contribution in [2.45, 2.75) is 26.3 Å². The average Bonchev–Trinajstić information content (AvgIpc) is 2.58. The van der Waals surface area contributed by atoms with Crippen LogP contribution in [0.5, 0.6) is 0 Å². The Kier molecular flexibility index (Phi) is 4.23. The minimum Gasteiger partial charge on any atom is -0.274 e. The number of rotatable bonds is 5. The van der Waals surface area contributed by atoms with Gasteiger partial charge in [0.1, 0.15) is 0 Å². The van der Waals surface area contributed by atoms with Crippen LogP contribution in [0.1, 0.15) is 40.7 Å². The third kappa shape index (κ3) is 2.76. The van der Waals surface area contributed by atoms with E-state index in [1.165, 1.54) is 4.68 Å². The van der Waals surface area contributed by atoms with Crippen molar-refractivity contribution in [1.29, 1.82) is 0 Å². The maximum absolute atomic E-state index is 11.1. The van der Waals surface area contributed by atoms with Crippen molar-refractivity contribution in [3.63, 3.8) is 0 Å². The molecule has 1 aromatic heterocycles. The quantitative estimate of drug-likeness (QED) is 0.748. The molecule has 82 valence electrons. The van der Waals surface area contributed by atoms with Gasteiger partial charge in [0, 0.05) is 6.54 Å². The highest BCUT2D eigenvalue weighted by molar-refractivity contribution is 6.71. The van der Waals surface area contributed by atoms with Crippen LogP contribution in [0.25, 0.3) is 0 Å². The molecule has 0 aliphatic heterocycles. The maximum Gasteiger partial charge on any atom is 0.275 e. The van der Waals surface area contributed by atoms with Gasteiger partial charge in [-0.2, -0.15) is 0 Å². The van der Waals surface area contributed by atoms with Crippen LogP contribution >= 0.6 is 23.2 Å². The Morgan fingerprint density at radius 3 is 2.47 bits per heavy atom. The minimum absolute atomic E-state index is 0.0369. The summed E-state index contributed by atoms with van der Waals surface area (Å²) in [7, 11) is 0. The number of unbranched alkanes of at least 4 members (excludes halogenated alkanes) is 1. The zero-order valence-corrected chi connectivity index (χ0v) is 9.55. The van der Waals surface area contributed by atoms with Crippen molar-refractivity contribution in [3.05, 3.63) is 11.4 Å². The number of nitrogens with zero attached hydrogens (tertiary/aromatic N) is 3. The summed E-state index contributed by atoms with van der Waals surface area (Å²) in [5, 5.41) is 5.56. The lowest BCUT2D eigenvalue weighted by Gasteiger charge is -2.01. The van der Waals surface area contributed by atoms with Gasteiger partial charge in [-0.15, -0.1) is 5.10 Å². The van der Waals surface area contributed by atoms with Crippen LogP contribution < -0.4 is 0 Å². The van der Waals surface area contributed by atoms with Crippen LogP contribution in [-0.2, 0) is 6.54 Å². The van der Waals surface area contributed by atoms with Crippen LogP contribution in [0.2, 0.25) is 0 Å². The first-order valence-corrected chi connectivity index (χ1v) is 5.16. The summed E-state index contributed by atoms with van der Waals surface area (Å²) < 4.78 is 1.30. The smallest absolute Gasteiger partial charge is 0.274 e. The van der Waals surface area contributed by atoms with Crippen LogP contribution in [0, 0.1) is 0 Å². The number of carbonyl (C=O) groups excluding carboxylic acids is 2. The van der Waals surface area contributed by atoms with Crippen LogP contribution in [0.3, 0.4) is 0 Å². The van der Waals surface area contributed by atoms with Crippen molar-refractivity contribution >= 4 is 33.7 Å². The van der Waals surface area contributed by atoms with E-state index in [-0.39, 0.29) is 11.4 Å². The predicted molar refractivity (Wildman–Crippen MR) is 55.3 cm³/mol. The second-order valence-electron chi connectivity index (χ2n) is 2.91. The van der Waals surface area contributed by atoms with E-state index < -0.39 is 10.5 Å². The summed E-state index contributed by atoms with van der Waals surface area (Å²) in [4.78, 5) is 22.0. The number of aromatic nitrogens is 3. The monoisotopic (exact) mass is 249 g/mol. The molecule has 0 radical (unpaired) electrons. The molecule has 15 heavy (non-hydrogen) atoms. The number of halogens is 2. The van der Waals surface area contributed by atoms with E-state index in [4.69, 9.17) is 23.2 Å². The predicted octanol–water partition coefficient (Wildman–Crippen LogP) is 1.84. The molecule has 5 nitrogen and oxygen atoms in total. The number of aryl methyl sites for hydroxylation is 1. The highest BCUT2D eigenvalue weighted by atomic mass is 35.5. The summed E-state index contributed by atoms with van der Waals surface area (Å²) in [6.45, 7) is 2.48. The summed E-state index contributed by atoms with van der Waals surface area (Å²) in [5.41, 5.74) is -0.224. The van der Waals surface area contributed by atoms with Crippen molar-refractivity contribution < 1.29 is 9.59 Å². The second-order valence-corrected chi connectivity index (χ2v) is 3.60. The van der Waals surface area contributed by atoms with E-state index in [9.17, 15) is 9.59 Å². The van der Waals surface area contributed by atoms with Crippen LogP contribution in [0.15, 0.2) is 0 Å². The fourth-order valence-corrected chi connectivity index (χ4v) is 1.42. The highest BCUT2D eigenvalue weighted by Crippen LogP contribution is 2.12. The molecule has 0 aliphatic rings. The van der Waals surface area contributed by atoms with Gasteiger partial charge in [0.05, 0.1) is 0 Å². The molecule has 0 amide bonds. The molecule has 0 unspecified atom stereocenters. The molecular weight excluding hydrogens is 241 g/mol. The maximum atomic E-state index is 11.1. The van der Waals surface area contributed by atoms with Gasteiger partial charge in [-0.3, -0.25) is 9.59 Å². The fourth-order valence-electron chi connectivity index (χ4n) is 1.10. The molecule has 0 bridgehead atoms. The van der Waals surface area contributed by atoms with Gasteiger partial charge < -0.3 is 0 Å². The van der Waals surface area contributed by atoms with Crippen LogP contribution in [-0.4, -0.2) is 25.5 Å². The lowest BCUT2D eigenvalue weighted by molar-refractivity contribution is 0.104. The van der Waals surface area contributed by atoms with Gasteiger partial charge in [0.2, 0.25) is 0 Å². The second kappa shape index (κ2) is 5.23. The van der Waals surface area contributed by atoms with E-state index in [1.807, 2.05) is 6.92 Å². The summed E-state index contributed by atoms with van der Waals surface area (Å²) >= 11 is 10.6. The lowest BCUT2D eigenvalue weighted by Crippen LogP contribution is -2.09.